The van der Waals surface area contributed by atoms with Gasteiger partial charge in [-0.3, -0.25) is 0 Å². The van der Waals surface area contributed by atoms with Crippen LogP contribution in [0.1, 0.15) is 6.42 Å². The maximum atomic E-state index is 12.2. The Morgan fingerprint density at radius 3 is 2.68 bits per heavy atom. The van der Waals surface area contributed by atoms with Gasteiger partial charge in [0.05, 0.1) is 5.39 Å². The molecule has 4 rings (SSSR count). The number of hydrogen-bond donors (Lipinski definition) is 1. The summed E-state index contributed by atoms with van der Waals surface area (Å²) in [6.07, 6.45) is 5.83. The highest BCUT2D eigenvalue weighted by Crippen LogP contribution is 2.28. The fraction of sp³-hybridized carbons (Fsp3) is 0.389. The van der Waals surface area contributed by atoms with Crippen molar-refractivity contribution >= 4 is 32.7 Å². The van der Waals surface area contributed by atoms with Gasteiger partial charge < -0.3 is 14.8 Å². The van der Waals surface area contributed by atoms with E-state index in [9.17, 15) is 8.42 Å². The summed E-state index contributed by atoms with van der Waals surface area (Å²) >= 11 is 0. The fourth-order valence-electron chi connectivity index (χ4n) is 3.49. The van der Waals surface area contributed by atoms with E-state index >= 15 is 0 Å². The normalized spacial score (nSPS) is 17.6. The van der Waals surface area contributed by atoms with Gasteiger partial charge in [0.25, 0.3) is 0 Å². The zero-order valence-electron chi connectivity index (χ0n) is 16.1. The van der Waals surface area contributed by atoms with Crippen LogP contribution in [0.2, 0.25) is 0 Å². The molecule has 9 nitrogen and oxygen atoms in total. The van der Waals surface area contributed by atoms with Gasteiger partial charge in [0.1, 0.15) is 28.5 Å². The molecule has 0 radical (unpaired) electrons. The summed E-state index contributed by atoms with van der Waals surface area (Å²) in [7, 11) is 1.54. The zero-order chi connectivity index (χ0) is 19.9. The van der Waals surface area contributed by atoms with Crippen molar-refractivity contribution in [2.45, 2.75) is 17.4 Å². The molecule has 0 unspecified atom stereocenters. The van der Waals surface area contributed by atoms with Crippen LogP contribution < -0.4 is 9.80 Å². The second kappa shape index (κ2) is 7.02. The van der Waals surface area contributed by atoms with Crippen LogP contribution >= 0.6 is 0 Å². The fourth-order valence-corrected chi connectivity index (χ4v) is 4.34. The summed E-state index contributed by atoms with van der Waals surface area (Å²) < 4.78 is 25.6. The summed E-state index contributed by atoms with van der Waals surface area (Å²) in [5.41, 5.74) is 0.834. The maximum Gasteiger partial charge on any atom is 0.244 e. The molecule has 0 aliphatic carbocycles. The summed E-state index contributed by atoms with van der Waals surface area (Å²) in [4.78, 5) is 20.8. The predicted octanol–water partition coefficient (Wildman–Crippen LogP) is 1.32. The van der Waals surface area contributed by atoms with E-state index in [4.69, 9.17) is 0 Å². The van der Waals surface area contributed by atoms with Gasteiger partial charge in [-0.1, -0.05) is 0 Å². The number of H-pyrrole nitrogens is 1. The molecular formula is C18H23N7O2S. The molecule has 3 aromatic rings. The molecule has 10 heteroatoms. The summed E-state index contributed by atoms with van der Waals surface area (Å²) in [6.45, 7) is 1.70. The molecule has 0 bridgehead atoms. The number of fused-ring (bicyclic) bond motifs is 1. The lowest BCUT2D eigenvalue weighted by Gasteiger charge is -2.26. The van der Waals surface area contributed by atoms with Crippen molar-refractivity contribution in [1.29, 1.82) is 0 Å². The second-order valence-electron chi connectivity index (χ2n) is 7.08. The van der Waals surface area contributed by atoms with E-state index in [1.54, 1.807) is 18.5 Å². The number of anilines is 2. The Balaban J connectivity index is 1.51. The molecule has 0 aromatic carbocycles. The summed E-state index contributed by atoms with van der Waals surface area (Å²) in [6, 6.07) is 5.61. The van der Waals surface area contributed by atoms with Crippen LogP contribution in [-0.2, 0) is 10.0 Å². The van der Waals surface area contributed by atoms with Gasteiger partial charge in [0.15, 0.2) is 0 Å². The molecule has 3 aromatic heterocycles. The highest BCUT2D eigenvalue weighted by Gasteiger charge is 2.29. The molecule has 0 amide bonds. The Hall–Kier alpha value is -2.72. The Morgan fingerprint density at radius 1 is 1.14 bits per heavy atom. The first-order valence-electron chi connectivity index (χ1n) is 9.02. The number of aromatic amines is 1. The van der Waals surface area contributed by atoms with Crippen LogP contribution in [-0.4, -0.2) is 72.9 Å². The molecule has 1 atom stereocenters. The van der Waals surface area contributed by atoms with Gasteiger partial charge in [-0.15, -0.1) is 0 Å². The van der Waals surface area contributed by atoms with Gasteiger partial charge in [0, 0.05) is 52.7 Å². The number of likely N-dealkylation sites (N-methyl/N-ethyl adjacent to an activating group) is 1. The molecule has 1 aliphatic rings. The van der Waals surface area contributed by atoms with E-state index in [-0.39, 0.29) is 10.9 Å². The minimum absolute atomic E-state index is 0.193. The predicted molar refractivity (Wildman–Crippen MR) is 108 cm³/mol. The van der Waals surface area contributed by atoms with Crippen molar-refractivity contribution in [2.75, 3.05) is 44.0 Å². The van der Waals surface area contributed by atoms with Gasteiger partial charge in [-0.2, -0.15) is 0 Å². The van der Waals surface area contributed by atoms with Crippen LogP contribution in [0.15, 0.2) is 41.8 Å². The van der Waals surface area contributed by atoms with Gasteiger partial charge in [-0.25, -0.2) is 27.7 Å². The van der Waals surface area contributed by atoms with Gasteiger partial charge >= 0.3 is 0 Å². The lowest BCUT2D eigenvalue weighted by molar-refractivity contribution is 0.520. The van der Waals surface area contributed by atoms with Gasteiger partial charge in [0.2, 0.25) is 10.0 Å². The molecule has 1 aliphatic heterocycles. The van der Waals surface area contributed by atoms with Crippen molar-refractivity contribution in [3.05, 3.63) is 36.9 Å². The molecule has 4 heterocycles. The quantitative estimate of drug-likeness (QED) is 0.688. The standard InChI is InChI=1S/C18H23N7O2S/c1-23(2)28(26,27)14-4-5-16(20-10-14)24(3)13-7-9-25(11-13)18-15-6-8-19-17(15)21-12-22-18/h4-6,8,10,12-13H,7,9,11H2,1-3H3,(H,19,21,22)/t13-/m1/s1. The average Bonchev–Trinajstić information content (AvgIpc) is 3.36. The number of pyridine rings is 1. The number of nitrogens with one attached hydrogen (secondary N) is 1. The van der Waals surface area contributed by atoms with E-state index in [1.165, 1.54) is 24.6 Å². The van der Waals surface area contributed by atoms with E-state index in [1.807, 2.05) is 19.3 Å². The first-order chi connectivity index (χ1) is 13.4. The third-order valence-electron chi connectivity index (χ3n) is 5.20. The van der Waals surface area contributed by atoms with Crippen molar-refractivity contribution in [3.8, 4) is 0 Å². The molecule has 1 saturated heterocycles. The molecule has 1 fully saturated rings. The smallest absolute Gasteiger partial charge is 0.244 e. The minimum Gasteiger partial charge on any atom is -0.355 e. The van der Waals surface area contributed by atoms with E-state index in [0.717, 1.165) is 42.2 Å². The first kappa shape index (κ1) is 18.6. The number of aromatic nitrogens is 4. The molecule has 0 saturated carbocycles. The van der Waals surface area contributed by atoms with Crippen LogP contribution in [0.3, 0.4) is 0 Å². The van der Waals surface area contributed by atoms with Crippen LogP contribution in [0.5, 0.6) is 0 Å². The Morgan fingerprint density at radius 2 is 1.96 bits per heavy atom. The molecule has 148 valence electrons. The number of nitrogens with zero attached hydrogens (tertiary/aromatic N) is 6. The first-order valence-corrected chi connectivity index (χ1v) is 10.5. The third-order valence-corrected chi connectivity index (χ3v) is 7.00. The Kier molecular flexibility index (Phi) is 4.68. The number of rotatable bonds is 5. The highest BCUT2D eigenvalue weighted by atomic mass is 32.2. The van der Waals surface area contributed by atoms with Crippen molar-refractivity contribution < 1.29 is 8.42 Å². The minimum atomic E-state index is -3.47. The lowest BCUT2D eigenvalue weighted by Crippen LogP contribution is -2.35. The monoisotopic (exact) mass is 401 g/mol. The molecule has 28 heavy (non-hydrogen) atoms. The molecule has 1 N–H and O–H groups in total. The number of sulfonamides is 1. The van der Waals surface area contributed by atoms with Crippen LogP contribution in [0.25, 0.3) is 11.0 Å². The number of hydrogen-bond acceptors (Lipinski definition) is 7. The SMILES string of the molecule is CN(c1ccc(S(=O)(=O)N(C)C)cn1)[C@@H]1CCN(c2ncnc3[nH]ccc23)C1. The van der Waals surface area contributed by atoms with Crippen molar-refractivity contribution in [2.24, 2.45) is 0 Å². The average molecular weight is 401 g/mol. The van der Waals surface area contributed by atoms with Crippen molar-refractivity contribution in [1.82, 2.24) is 24.2 Å². The van der Waals surface area contributed by atoms with Crippen LogP contribution in [0, 0.1) is 0 Å². The Bertz CT molecular complexity index is 1080. The molecular weight excluding hydrogens is 378 g/mol. The summed E-state index contributed by atoms with van der Waals surface area (Å²) in [5, 5.41) is 1.02. The van der Waals surface area contributed by atoms with Gasteiger partial charge in [-0.05, 0) is 24.6 Å². The topological polar surface area (TPSA) is 98.3 Å². The van der Waals surface area contributed by atoms with E-state index < -0.39 is 10.0 Å². The second-order valence-corrected chi connectivity index (χ2v) is 9.23. The lowest BCUT2D eigenvalue weighted by atomic mass is 10.2. The highest BCUT2D eigenvalue weighted by molar-refractivity contribution is 7.89. The largest absolute Gasteiger partial charge is 0.355 e. The summed E-state index contributed by atoms with van der Waals surface area (Å²) in [5.74, 6) is 1.68. The maximum absolute atomic E-state index is 12.2. The van der Waals surface area contributed by atoms with Crippen LogP contribution in [0.4, 0.5) is 11.6 Å². The van der Waals surface area contributed by atoms with Crippen molar-refractivity contribution in [3.63, 3.8) is 0 Å². The zero-order valence-corrected chi connectivity index (χ0v) is 16.9. The van der Waals surface area contributed by atoms with E-state index in [2.05, 4.69) is 29.7 Å². The Labute approximate surface area is 164 Å². The molecule has 0 spiro atoms. The third kappa shape index (κ3) is 3.18. The van der Waals surface area contributed by atoms with E-state index in [0.29, 0.717) is 0 Å².